The summed E-state index contributed by atoms with van der Waals surface area (Å²) < 4.78 is 2.00. The number of carboxylic acids is 1. The van der Waals surface area contributed by atoms with E-state index in [4.69, 9.17) is 5.11 Å². The van der Waals surface area contributed by atoms with Crippen molar-refractivity contribution in [3.63, 3.8) is 0 Å². The third-order valence-electron chi connectivity index (χ3n) is 2.66. The summed E-state index contributed by atoms with van der Waals surface area (Å²) in [5.41, 5.74) is 1.25. The van der Waals surface area contributed by atoms with E-state index < -0.39 is 5.97 Å². The first-order chi connectivity index (χ1) is 7.70. The van der Waals surface area contributed by atoms with Gasteiger partial charge in [0.05, 0.1) is 0 Å². The maximum Gasteiger partial charge on any atom is 0.322 e. The largest absolute Gasteiger partial charge is 0.480 e. The number of carbonyl (C=O) groups is 1. The van der Waals surface area contributed by atoms with Crippen LogP contribution in [0.2, 0.25) is 0 Å². The maximum atomic E-state index is 10.4. The Labute approximate surface area is 94.5 Å². The zero-order valence-corrected chi connectivity index (χ0v) is 9.44. The molecular formula is C11H17N3O2. The normalized spacial score (nSPS) is 15.1. The molecule has 0 unspecified atom stereocenters. The van der Waals surface area contributed by atoms with Gasteiger partial charge in [0, 0.05) is 24.2 Å². The van der Waals surface area contributed by atoms with Crippen LogP contribution >= 0.6 is 0 Å². The van der Waals surface area contributed by atoms with E-state index in [0.717, 1.165) is 13.0 Å². The SMILES string of the molecule is CCCn1nc(NCC(=O)O)cc1C1CC1. The monoisotopic (exact) mass is 223 g/mol. The molecule has 1 aliphatic rings. The average molecular weight is 223 g/mol. The molecule has 0 atom stereocenters. The van der Waals surface area contributed by atoms with Crippen LogP contribution < -0.4 is 5.32 Å². The summed E-state index contributed by atoms with van der Waals surface area (Å²) in [5, 5.41) is 15.8. The van der Waals surface area contributed by atoms with Crippen LogP contribution in [0, 0.1) is 0 Å². The van der Waals surface area contributed by atoms with Crippen molar-refractivity contribution in [2.75, 3.05) is 11.9 Å². The van der Waals surface area contributed by atoms with Gasteiger partial charge in [0.1, 0.15) is 12.4 Å². The predicted octanol–water partition coefficient (Wildman–Crippen LogP) is 1.67. The van der Waals surface area contributed by atoms with Crippen LogP contribution in [-0.4, -0.2) is 27.4 Å². The number of hydrogen-bond acceptors (Lipinski definition) is 3. The fourth-order valence-electron chi connectivity index (χ4n) is 1.78. The van der Waals surface area contributed by atoms with E-state index in [1.807, 2.05) is 10.7 Å². The van der Waals surface area contributed by atoms with Crippen molar-refractivity contribution in [1.29, 1.82) is 0 Å². The molecule has 0 aliphatic heterocycles. The van der Waals surface area contributed by atoms with Crippen molar-refractivity contribution in [1.82, 2.24) is 9.78 Å². The Balaban J connectivity index is 2.07. The molecule has 0 spiro atoms. The van der Waals surface area contributed by atoms with Crippen LogP contribution in [0.4, 0.5) is 5.82 Å². The van der Waals surface area contributed by atoms with Gasteiger partial charge in [0.15, 0.2) is 0 Å². The van der Waals surface area contributed by atoms with Gasteiger partial charge in [-0.2, -0.15) is 5.10 Å². The fourth-order valence-corrected chi connectivity index (χ4v) is 1.78. The lowest BCUT2D eigenvalue weighted by Gasteiger charge is -2.03. The van der Waals surface area contributed by atoms with Gasteiger partial charge in [-0.05, 0) is 19.3 Å². The minimum atomic E-state index is -0.863. The fraction of sp³-hybridized carbons (Fsp3) is 0.636. The summed E-state index contributed by atoms with van der Waals surface area (Å²) >= 11 is 0. The summed E-state index contributed by atoms with van der Waals surface area (Å²) in [6.07, 6.45) is 3.50. The molecule has 0 amide bonds. The summed E-state index contributed by atoms with van der Waals surface area (Å²) in [5.74, 6) is 0.454. The molecule has 0 radical (unpaired) electrons. The molecule has 2 rings (SSSR count). The van der Waals surface area contributed by atoms with Crippen LogP contribution in [-0.2, 0) is 11.3 Å². The van der Waals surface area contributed by atoms with Gasteiger partial charge in [-0.3, -0.25) is 9.48 Å². The summed E-state index contributed by atoms with van der Waals surface area (Å²) in [4.78, 5) is 10.4. The quantitative estimate of drug-likeness (QED) is 0.769. The lowest BCUT2D eigenvalue weighted by molar-refractivity contribution is -0.134. The Bertz CT molecular complexity index is 383. The van der Waals surface area contributed by atoms with Gasteiger partial charge >= 0.3 is 5.97 Å². The Hall–Kier alpha value is -1.52. The molecule has 5 nitrogen and oxygen atoms in total. The van der Waals surface area contributed by atoms with Crippen LogP contribution in [0.1, 0.15) is 37.8 Å². The molecule has 1 aromatic heterocycles. The second-order valence-electron chi connectivity index (χ2n) is 4.20. The number of aliphatic carboxylic acids is 1. The smallest absolute Gasteiger partial charge is 0.322 e. The molecule has 2 N–H and O–H groups in total. The number of anilines is 1. The van der Waals surface area contributed by atoms with Gasteiger partial charge < -0.3 is 10.4 Å². The maximum absolute atomic E-state index is 10.4. The van der Waals surface area contributed by atoms with Crippen LogP contribution in [0.5, 0.6) is 0 Å². The predicted molar refractivity (Wildman–Crippen MR) is 60.6 cm³/mol. The zero-order chi connectivity index (χ0) is 11.5. The Morgan fingerprint density at radius 3 is 3.00 bits per heavy atom. The van der Waals surface area contributed by atoms with Crippen LogP contribution in [0.3, 0.4) is 0 Å². The highest BCUT2D eigenvalue weighted by Crippen LogP contribution is 2.40. The topological polar surface area (TPSA) is 67.2 Å². The average Bonchev–Trinajstić information content (AvgIpc) is 2.99. The van der Waals surface area contributed by atoms with E-state index in [1.165, 1.54) is 18.5 Å². The van der Waals surface area contributed by atoms with Crippen LogP contribution in [0.15, 0.2) is 6.07 Å². The van der Waals surface area contributed by atoms with E-state index in [2.05, 4.69) is 17.3 Å². The van der Waals surface area contributed by atoms with E-state index >= 15 is 0 Å². The first-order valence-corrected chi connectivity index (χ1v) is 5.74. The van der Waals surface area contributed by atoms with Crippen molar-refractivity contribution in [3.8, 4) is 0 Å². The minimum Gasteiger partial charge on any atom is -0.480 e. The molecular weight excluding hydrogens is 206 g/mol. The Morgan fingerprint density at radius 2 is 2.44 bits per heavy atom. The van der Waals surface area contributed by atoms with Gasteiger partial charge in [-0.15, -0.1) is 0 Å². The number of aryl methyl sites for hydroxylation is 1. The van der Waals surface area contributed by atoms with Gasteiger partial charge in [0.25, 0.3) is 0 Å². The molecule has 0 saturated heterocycles. The number of hydrogen-bond donors (Lipinski definition) is 2. The second-order valence-corrected chi connectivity index (χ2v) is 4.20. The number of nitrogens with zero attached hydrogens (tertiary/aromatic N) is 2. The highest BCUT2D eigenvalue weighted by Gasteiger charge is 2.27. The molecule has 0 aromatic carbocycles. The molecule has 88 valence electrons. The van der Waals surface area contributed by atoms with Crippen molar-refractivity contribution < 1.29 is 9.90 Å². The van der Waals surface area contributed by atoms with Crippen molar-refractivity contribution in [2.24, 2.45) is 0 Å². The van der Waals surface area contributed by atoms with E-state index in [1.54, 1.807) is 0 Å². The van der Waals surface area contributed by atoms with E-state index in [9.17, 15) is 4.79 Å². The first kappa shape index (κ1) is 11.0. The number of carboxylic acid groups (broad SMARTS) is 1. The number of nitrogens with one attached hydrogen (secondary N) is 1. The molecule has 1 aliphatic carbocycles. The molecule has 0 bridgehead atoms. The number of rotatable bonds is 6. The molecule has 1 aromatic rings. The third kappa shape index (κ3) is 2.53. The van der Waals surface area contributed by atoms with Crippen molar-refractivity contribution in [3.05, 3.63) is 11.8 Å². The van der Waals surface area contributed by atoms with Gasteiger partial charge in [-0.1, -0.05) is 6.92 Å². The third-order valence-corrected chi connectivity index (χ3v) is 2.66. The Morgan fingerprint density at radius 1 is 1.69 bits per heavy atom. The molecule has 1 fully saturated rings. The van der Waals surface area contributed by atoms with Crippen molar-refractivity contribution >= 4 is 11.8 Å². The van der Waals surface area contributed by atoms with E-state index in [-0.39, 0.29) is 6.54 Å². The zero-order valence-electron chi connectivity index (χ0n) is 9.44. The lowest BCUT2D eigenvalue weighted by Crippen LogP contribution is -2.13. The Kier molecular flexibility index (Phi) is 3.12. The molecule has 1 saturated carbocycles. The second kappa shape index (κ2) is 4.55. The van der Waals surface area contributed by atoms with Crippen LogP contribution in [0.25, 0.3) is 0 Å². The number of aromatic nitrogens is 2. The lowest BCUT2D eigenvalue weighted by atomic mass is 10.3. The summed E-state index contributed by atoms with van der Waals surface area (Å²) in [6.45, 7) is 2.94. The summed E-state index contributed by atoms with van der Waals surface area (Å²) in [7, 11) is 0. The van der Waals surface area contributed by atoms with Gasteiger partial charge in [-0.25, -0.2) is 0 Å². The highest BCUT2D eigenvalue weighted by molar-refractivity contribution is 5.72. The highest BCUT2D eigenvalue weighted by atomic mass is 16.4. The van der Waals surface area contributed by atoms with Crippen molar-refractivity contribution in [2.45, 2.75) is 38.6 Å². The first-order valence-electron chi connectivity index (χ1n) is 5.74. The molecule has 5 heteroatoms. The molecule has 16 heavy (non-hydrogen) atoms. The van der Waals surface area contributed by atoms with Gasteiger partial charge in [0.2, 0.25) is 0 Å². The van der Waals surface area contributed by atoms with E-state index in [0.29, 0.717) is 11.7 Å². The standard InChI is InChI=1S/C11H17N3O2/c1-2-5-14-9(8-3-4-8)6-10(13-14)12-7-11(15)16/h6,8H,2-5,7H2,1H3,(H,12,13)(H,15,16). The minimum absolute atomic E-state index is 0.0761. The summed E-state index contributed by atoms with van der Waals surface area (Å²) in [6, 6.07) is 1.98. The molecule has 1 heterocycles.